The minimum atomic E-state index is -0.521. The molecule has 5 heteroatoms. The van der Waals surface area contributed by atoms with E-state index in [1.54, 1.807) is 0 Å². The van der Waals surface area contributed by atoms with Crippen LogP contribution < -0.4 is 11.1 Å². The highest BCUT2D eigenvalue weighted by Gasteiger charge is 2.52. The Kier molecular flexibility index (Phi) is 3.41. The summed E-state index contributed by atoms with van der Waals surface area (Å²) in [6, 6.07) is 1.08. The van der Waals surface area contributed by atoms with Gasteiger partial charge in [0.15, 0.2) is 0 Å². The molecule has 0 heterocycles. The number of amides is 1. The third kappa shape index (κ3) is 2.60. The lowest BCUT2D eigenvalue weighted by Crippen LogP contribution is -2.45. The molecule has 0 aromatic carbocycles. The Morgan fingerprint density at radius 1 is 1.59 bits per heavy atom. The van der Waals surface area contributed by atoms with Crippen molar-refractivity contribution in [3.63, 3.8) is 0 Å². The van der Waals surface area contributed by atoms with Crippen LogP contribution in [0.5, 0.6) is 0 Å². The van der Waals surface area contributed by atoms with Crippen LogP contribution in [0.4, 0.5) is 0 Å². The van der Waals surface area contributed by atoms with Gasteiger partial charge in [0.1, 0.15) is 0 Å². The highest BCUT2D eigenvalue weighted by Crippen LogP contribution is 2.46. The summed E-state index contributed by atoms with van der Waals surface area (Å²) in [6.07, 6.45) is 4.18. The molecule has 0 spiro atoms. The quantitative estimate of drug-likeness (QED) is 0.684. The van der Waals surface area contributed by atoms with Crippen LogP contribution in [0, 0.1) is 5.41 Å². The number of thiocarbonyl (C=S) groups is 1. The van der Waals surface area contributed by atoms with Gasteiger partial charge in [-0.1, -0.05) is 12.2 Å². The van der Waals surface area contributed by atoms with Crippen molar-refractivity contribution in [2.75, 3.05) is 13.6 Å². The Balaban J connectivity index is 1.78. The van der Waals surface area contributed by atoms with E-state index < -0.39 is 5.41 Å². The van der Waals surface area contributed by atoms with Crippen molar-refractivity contribution in [2.24, 2.45) is 11.1 Å². The van der Waals surface area contributed by atoms with Crippen LogP contribution >= 0.6 is 12.2 Å². The van der Waals surface area contributed by atoms with Crippen molar-refractivity contribution in [2.45, 2.75) is 44.7 Å². The Morgan fingerprint density at radius 3 is 2.59 bits per heavy atom. The Morgan fingerprint density at radius 2 is 2.18 bits per heavy atom. The maximum Gasteiger partial charge on any atom is 0.233 e. The molecule has 3 N–H and O–H groups in total. The first-order chi connectivity index (χ1) is 7.97. The van der Waals surface area contributed by atoms with E-state index >= 15 is 0 Å². The molecule has 0 aromatic heterocycles. The smallest absolute Gasteiger partial charge is 0.233 e. The summed E-state index contributed by atoms with van der Waals surface area (Å²) >= 11 is 4.96. The fourth-order valence-corrected chi connectivity index (χ4v) is 2.40. The van der Waals surface area contributed by atoms with Crippen LogP contribution in [0.2, 0.25) is 0 Å². The molecule has 0 aliphatic heterocycles. The van der Waals surface area contributed by atoms with E-state index in [0.29, 0.717) is 23.6 Å². The molecule has 0 bridgehead atoms. The van der Waals surface area contributed by atoms with Gasteiger partial charge in [-0.25, -0.2) is 0 Å². The van der Waals surface area contributed by atoms with E-state index in [0.717, 1.165) is 12.8 Å². The number of carbonyl (C=O) groups excluding carboxylic acids is 1. The molecule has 2 saturated carbocycles. The lowest BCUT2D eigenvalue weighted by molar-refractivity contribution is -0.124. The van der Waals surface area contributed by atoms with Crippen LogP contribution in [0.3, 0.4) is 0 Å². The molecular weight excluding hydrogens is 234 g/mol. The van der Waals surface area contributed by atoms with Crippen molar-refractivity contribution in [1.82, 2.24) is 10.2 Å². The molecule has 1 unspecified atom stereocenters. The normalized spacial score (nSPS) is 23.2. The second-order valence-electron chi connectivity index (χ2n) is 5.40. The van der Waals surface area contributed by atoms with E-state index in [2.05, 4.69) is 24.2 Å². The molecule has 0 aromatic rings. The van der Waals surface area contributed by atoms with Gasteiger partial charge in [-0.3, -0.25) is 9.69 Å². The summed E-state index contributed by atoms with van der Waals surface area (Å²) in [5.74, 6) is 0.0149. The molecular formula is C12H21N3OS. The van der Waals surface area contributed by atoms with Crippen LogP contribution in [0.25, 0.3) is 0 Å². The number of rotatable bonds is 6. The van der Waals surface area contributed by atoms with Gasteiger partial charge in [0.25, 0.3) is 0 Å². The monoisotopic (exact) mass is 255 g/mol. The number of carbonyl (C=O) groups is 1. The maximum absolute atomic E-state index is 12.0. The third-order valence-corrected chi connectivity index (χ3v) is 4.42. The highest BCUT2D eigenvalue weighted by molar-refractivity contribution is 7.80. The van der Waals surface area contributed by atoms with E-state index in [1.165, 1.54) is 12.8 Å². The van der Waals surface area contributed by atoms with Gasteiger partial charge in [-0.2, -0.15) is 0 Å². The fourth-order valence-electron chi connectivity index (χ4n) is 2.11. The fraction of sp³-hybridized carbons (Fsp3) is 0.833. The van der Waals surface area contributed by atoms with E-state index in [9.17, 15) is 4.79 Å². The highest BCUT2D eigenvalue weighted by atomic mass is 32.1. The average Bonchev–Trinajstić information content (AvgIpc) is 3.17. The van der Waals surface area contributed by atoms with Gasteiger partial charge in [0.05, 0.1) is 10.4 Å². The Labute approximate surface area is 108 Å². The van der Waals surface area contributed by atoms with E-state index in [1.807, 2.05) is 0 Å². The molecule has 2 aliphatic carbocycles. The summed E-state index contributed by atoms with van der Waals surface area (Å²) in [4.78, 5) is 14.7. The molecule has 0 radical (unpaired) electrons. The minimum Gasteiger partial charge on any atom is -0.392 e. The van der Waals surface area contributed by atoms with Gasteiger partial charge in [0, 0.05) is 18.6 Å². The van der Waals surface area contributed by atoms with Crippen LogP contribution in [0.1, 0.15) is 32.6 Å². The SMILES string of the molecule is CC(CNC(=O)C1(C(N)=S)CC1)N(C)C1CC1. The zero-order valence-corrected chi connectivity index (χ0v) is 11.3. The average molecular weight is 255 g/mol. The lowest BCUT2D eigenvalue weighted by atomic mass is 10.1. The number of nitrogens with one attached hydrogen (secondary N) is 1. The van der Waals surface area contributed by atoms with Crippen LogP contribution in [-0.2, 0) is 4.79 Å². The van der Waals surface area contributed by atoms with Gasteiger partial charge < -0.3 is 11.1 Å². The van der Waals surface area contributed by atoms with Crippen molar-refractivity contribution < 1.29 is 4.79 Å². The summed E-state index contributed by atoms with van der Waals surface area (Å²) in [7, 11) is 2.12. The molecule has 2 rings (SSSR count). The van der Waals surface area contributed by atoms with Gasteiger partial charge in [0.2, 0.25) is 5.91 Å². The molecule has 0 saturated heterocycles. The molecule has 2 fully saturated rings. The zero-order valence-electron chi connectivity index (χ0n) is 10.5. The van der Waals surface area contributed by atoms with Gasteiger partial charge >= 0.3 is 0 Å². The second kappa shape index (κ2) is 4.53. The molecule has 4 nitrogen and oxygen atoms in total. The largest absolute Gasteiger partial charge is 0.392 e. The zero-order chi connectivity index (χ0) is 12.6. The number of nitrogens with zero attached hydrogens (tertiary/aromatic N) is 1. The van der Waals surface area contributed by atoms with Crippen molar-refractivity contribution in [3.05, 3.63) is 0 Å². The molecule has 1 atom stereocenters. The summed E-state index contributed by atoms with van der Waals surface area (Å²) in [5.41, 5.74) is 5.10. The number of nitrogens with two attached hydrogens (primary N) is 1. The van der Waals surface area contributed by atoms with Gasteiger partial charge in [-0.15, -0.1) is 0 Å². The van der Waals surface area contributed by atoms with Crippen molar-refractivity contribution in [3.8, 4) is 0 Å². The summed E-state index contributed by atoms with van der Waals surface area (Å²) < 4.78 is 0. The Bertz CT molecular complexity index is 337. The predicted molar refractivity (Wildman–Crippen MR) is 71.7 cm³/mol. The first-order valence-corrected chi connectivity index (χ1v) is 6.68. The number of likely N-dealkylation sites (N-methyl/N-ethyl adjacent to an activating group) is 1. The van der Waals surface area contributed by atoms with Crippen molar-refractivity contribution in [1.29, 1.82) is 0 Å². The van der Waals surface area contributed by atoms with Crippen LogP contribution in [0.15, 0.2) is 0 Å². The first-order valence-electron chi connectivity index (χ1n) is 6.27. The minimum absolute atomic E-state index is 0.0149. The van der Waals surface area contributed by atoms with E-state index in [-0.39, 0.29) is 5.91 Å². The summed E-state index contributed by atoms with van der Waals surface area (Å²) in [5, 5.41) is 2.98. The van der Waals surface area contributed by atoms with Crippen LogP contribution in [-0.4, -0.2) is 41.5 Å². The lowest BCUT2D eigenvalue weighted by Gasteiger charge is -2.25. The third-order valence-electron chi connectivity index (χ3n) is 4.03. The molecule has 17 heavy (non-hydrogen) atoms. The first kappa shape index (κ1) is 12.8. The molecule has 1 amide bonds. The van der Waals surface area contributed by atoms with Gasteiger partial charge in [-0.05, 0) is 39.7 Å². The second-order valence-corrected chi connectivity index (χ2v) is 5.84. The predicted octanol–water partition coefficient (Wildman–Crippen LogP) is 0.652. The number of hydrogen-bond donors (Lipinski definition) is 2. The summed E-state index contributed by atoms with van der Waals surface area (Å²) in [6.45, 7) is 2.81. The van der Waals surface area contributed by atoms with E-state index in [4.69, 9.17) is 18.0 Å². The van der Waals surface area contributed by atoms with Crippen molar-refractivity contribution >= 4 is 23.1 Å². The maximum atomic E-state index is 12.0. The Hall–Kier alpha value is -0.680. The molecule has 96 valence electrons. The molecule has 2 aliphatic rings. The standard InChI is InChI=1S/C12H21N3OS/c1-8(15(2)9-3-4-9)7-14-11(16)12(5-6-12)10(13)17/h8-9H,3-7H2,1-2H3,(H2,13,17)(H,14,16). The topological polar surface area (TPSA) is 58.4 Å². The number of hydrogen-bond acceptors (Lipinski definition) is 3.